The highest BCUT2D eigenvalue weighted by molar-refractivity contribution is 6.33. The minimum Gasteiger partial charge on any atom is -0.496 e. The van der Waals surface area contributed by atoms with Crippen LogP contribution in [0.25, 0.3) is 22.0 Å². The van der Waals surface area contributed by atoms with Crippen LogP contribution in [0.5, 0.6) is 5.75 Å². The maximum absolute atomic E-state index is 6.37. The molecule has 26 heavy (non-hydrogen) atoms. The predicted molar refractivity (Wildman–Crippen MR) is 104 cm³/mol. The number of methoxy groups -OCH3 is 1. The first-order valence-electron chi connectivity index (χ1n) is 8.68. The van der Waals surface area contributed by atoms with Gasteiger partial charge in [-0.05, 0) is 25.0 Å². The van der Waals surface area contributed by atoms with Crippen molar-refractivity contribution in [3.05, 3.63) is 47.6 Å². The van der Waals surface area contributed by atoms with Crippen molar-refractivity contribution in [1.29, 1.82) is 0 Å². The molecule has 0 aliphatic carbocycles. The highest BCUT2D eigenvalue weighted by atomic mass is 35.5. The van der Waals surface area contributed by atoms with Crippen LogP contribution in [-0.2, 0) is 4.74 Å². The summed E-state index contributed by atoms with van der Waals surface area (Å²) in [5, 5.41) is 5.03. The van der Waals surface area contributed by atoms with E-state index in [0.717, 1.165) is 53.8 Å². The molecule has 3 aromatic rings. The van der Waals surface area contributed by atoms with Gasteiger partial charge in [0.2, 0.25) is 5.95 Å². The average molecular weight is 370 g/mol. The van der Waals surface area contributed by atoms with E-state index in [-0.39, 0.29) is 0 Å². The van der Waals surface area contributed by atoms with Gasteiger partial charge in [-0.1, -0.05) is 29.8 Å². The van der Waals surface area contributed by atoms with Crippen LogP contribution in [0.4, 0.5) is 5.95 Å². The molecule has 1 aliphatic rings. The van der Waals surface area contributed by atoms with Crippen LogP contribution in [0.1, 0.15) is 12.8 Å². The fraction of sp³-hybridized carbons (Fsp3) is 0.300. The van der Waals surface area contributed by atoms with E-state index in [1.54, 1.807) is 7.11 Å². The molecule has 0 unspecified atom stereocenters. The van der Waals surface area contributed by atoms with Gasteiger partial charge in [-0.2, -0.15) is 0 Å². The van der Waals surface area contributed by atoms with Gasteiger partial charge in [0, 0.05) is 53.1 Å². The molecule has 4 rings (SSSR count). The molecule has 0 amide bonds. The fourth-order valence-corrected chi connectivity index (χ4v) is 3.45. The van der Waals surface area contributed by atoms with Gasteiger partial charge < -0.3 is 14.8 Å². The highest BCUT2D eigenvalue weighted by Gasteiger charge is 2.16. The van der Waals surface area contributed by atoms with Crippen molar-refractivity contribution in [3.8, 4) is 16.9 Å². The first-order valence-corrected chi connectivity index (χ1v) is 9.06. The van der Waals surface area contributed by atoms with Crippen LogP contribution >= 0.6 is 11.6 Å². The Balaban J connectivity index is 1.71. The van der Waals surface area contributed by atoms with Crippen LogP contribution in [-0.4, -0.2) is 36.3 Å². The van der Waals surface area contributed by atoms with Crippen molar-refractivity contribution in [2.75, 3.05) is 25.6 Å². The molecule has 1 aliphatic heterocycles. The van der Waals surface area contributed by atoms with E-state index in [1.807, 2.05) is 42.6 Å². The minimum atomic E-state index is 0.352. The summed E-state index contributed by atoms with van der Waals surface area (Å²) < 4.78 is 11.0. The predicted octanol–water partition coefficient (Wildman–Crippen LogP) is 4.55. The van der Waals surface area contributed by atoms with E-state index in [2.05, 4.69) is 15.3 Å². The number of fused-ring (bicyclic) bond motifs is 1. The van der Waals surface area contributed by atoms with Gasteiger partial charge >= 0.3 is 0 Å². The Bertz CT molecular complexity index is 926. The second-order valence-corrected chi connectivity index (χ2v) is 6.72. The van der Waals surface area contributed by atoms with Crippen LogP contribution in [0.2, 0.25) is 5.02 Å². The van der Waals surface area contributed by atoms with E-state index in [1.165, 1.54) is 0 Å². The number of hydrogen-bond donors (Lipinski definition) is 1. The van der Waals surface area contributed by atoms with E-state index in [9.17, 15) is 0 Å². The quantitative estimate of drug-likeness (QED) is 0.731. The zero-order valence-electron chi connectivity index (χ0n) is 14.5. The largest absolute Gasteiger partial charge is 0.496 e. The SMILES string of the molecule is COc1cc2nc(NC3CCOCC3)ncc2cc1-c1ccccc1Cl. The van der Waals surface area contributed by atoms with E-state index < -0.39 is 0 Å². The van der Waals surface area contributed by atoms with Crippen molar-refractivity contribution in [1.82, 2.24) is 9.97 Å². The number of hydrogen-bond acceptors (Lipinski definition) is 5. The normalized spacial score (nSPS) is 15.2. The summed E-state index contributed by atoms with van der Waals surface area (Å²) >= 11 is 6.37. The van der Waals surface area contributed by atoms with Gasteiger partial charge in [0.15, 0.2) is 0 Å². The molecule has 0 atom stereocenters. The second kappa shape index (κ2) is 7.48. The van der Waals surface area contributed by atoms with Crippen molar-refractivity contribution < 1.29 is 9.47 Å². The topological polar surface area (TPSA) is 56.3 Å². The molecule has 0 saturated carbocycles. The van der Waals surface area contributed by atoms with Gasteiger partial charge in [0.25, 0.3) is 0 Å². The monoisotopic (exact) mass is 369 g/mol. The lowest BCUT2D eigenvalue weighted by Crippen LogP contribution is -2.28. The van der Waals surface area contributed by atoms with Crippen molar-refractivity contribution in [3.63, 3.8) is 0 Å². The van der Waals surface area contributed by atoms with Crippen LogP contribution in [0, 0.1) is 0 Å². The average Bonchev–Trinajstić information content (AvgIpc) is 2.68. The molecule has 2 aromatic carbocycles. The molecule has 1 saturated heterocycles. The molecule has 0 bridgehead atoms. The van der Waals surface area contributed by atoms with Gasteiger partial charge in [0.1, 0.15) is 5.75 Å². The van der Waals surface area contributed by atoms with E-state index >= 15 is 0 Å². The molecule has 0 radical (unpaired) electrons. The minimum absolute atomic E-state index is 0.352. The fourth-order valence-electron chi connectivity index (χ4n) is 3.21. The van der Waals surface area contributed by atoms with Crippen LogP contribution in [0.3, 0.4) is 0 Å². The number of ether oxygens (including phenoxy) is 2. The maximum atomic E-state index is 6.37. The van der Waals surface area contributed by atoms with E-state index in [4.69, 9.17) is 21.1 Å². The molecule has 2 heterocycles. The Hall–Kier alpha value is -2.37. The smallest absolute Gasteiger partial charge is 0.223 e. The summed E-state index contributed by atoms with van der Waals surface area (Å²) in [7, 11) is 1.66. The van der Waals surface area contributed by atoms with Gasteiger partial charge in [-0.15, -0.1) is 0 Å². The third-order valence-corrected chi connectivity index (χ3v) is 4.95. The Morgan fingerprint density at radius 2 is 1.96 bits per heavy atom. The Morgan fingerprint density at radius 1 is 1.15 bits per heavy atom. The standard InChI is InChI=1S/C20H20ClN3O2/c1-25-19-11-18-13(10-16(19)15-4-2-3-5-17(15)21)12-22-20(24-18)23-14-6-8-26-9-7-14/h2-5,10-12,14H,6-9H2,1H3,(H,22,23,24). The maximum Gasteiger partial charge on any atom is 0.223 e. The zero-order chi connectivity index (χ0) is 17.9. The first-order chi connectivity index (χ1) is 12.7. The number of halogens is 1. The Kier molecular flexibility index (Phi) is 4.91. The first kappa shape index (κ1) is 17.1. The lowest BCUT2D eigenvalue weighted by atomic mass is 10.0. The molecule has 0 spiro atoms. The molecule has 1 aromatic heterocycles. The van der Waals surface area contributed by atoms with Crippen LogP contribution in [0.15, 0.2) is 42.6 Å². The molecule has 1 fully saturated rings. The second-order valence-electron chi connectivity index (χ2n) is 6.32. The summed E-state index contributed by atoms with van der Waals surface area (Å²) in [4.78, 5) is 9.14. The number of benzene rings is 2. The summed E-state index contributed by atoms with van der Waals surface area (Å²) in [6.45, 7) is 1.56. The molecule has 134 valence electrons. The van der Waals surface area contributed by atoms with Crippen molar-refractivity contribution >= 4 is 28.5 Å². The number of rotatable bonds is 4. The van der Waals surface area contributed by atoms with Crippen LogP contribution < -0.4 is 10.1 Å². The van der Waals surface area contributed by atoms with E-state index in [0.29, 0.717) is 17.0 Å². The summed E-state index contributed by atoms with van der Waals surface area (Å²) in [6.07, 6.45) is 3.77. The third-order valence-electron chi connectivity index (χ3n) is 4.62. The van der Waals surface area contributed by atoms with Gasteiger partial charge in [-0.3, -0.25) is 0 Å². The van der Waals surface area contributed by atoms with Gasteiger partial charge in [0.05, 0.1) is 12.6 Å². The molecule has 5 nitrogen and oxygen atoms in total. The number of anilines is 1. The Morgan fingerprint density at radius 3 is 2.73 bits per heavy atom. The summed E-state index contributed by atoms with van der Waals surface area (Å²) in [5.41, 5.74) is 2.69. The molecular formula is C20H20ClN3O2. The molecule has 1 N–H and O–H groups in total. The lowest BCUT2D eigenvalue weighted by molar-refractivity contribution is 0.0903. The summed E-state index contributed by atoms with van der Waals surface area (Å²) in [6, 6.07) is 12.0. The highest BCUT2D eigenvalue weighted by Crippen LogP contribution is 2.37. The third kappa shape index (κ3) is 3.45. The number of nitrogens with one attached hydrogen (secondary N) is 1. The number of nitrogens with zero attached hydrogens (tertiary/aromatic N) is 2. The van der Waals surface area contributed by atoms with Gasteiger partial charge in [-0.25, -0.2) is 9.97 Å². The summed E-state index contributed by atoms with van der Waals surface area (Å²) in [5.74, 6) is 1.37. The lowest BCUT2D eigenvalue weighted by Gasteiger charge is -2.23. The zero-order valence-corrected chi connectivity index (χ0v) is 15.3. The molecule has 6 heteroatoms. The molecular weight excluding hydrogens is 350 g/mol. The van der Waals surface area contributed by atoms with Crippen molar-refractivity contribution in [2.45, 2.75) is 18.9 Å². The Labute approximate surface area is 157 Å². The number of aromatic nitrogens is 2. The van der Waals surface area contributed by atoms with Crippen molar-refractivity contribution in [2.24, 2.45) is 0 Å².